The van der Waals surface area contributed by atoms with Crippen molar-refractivity contribution < 1.29 is 9.59 Å². The molecule has 1 aromatic rings. The topological polar surface area (TPSA) is 58.2 Å². The van der Waals surface area contributed by atoms with Gasteiger partial charge in [0.05, 0.1) is 0 Å². The first-order valence-electron chi connectivity index (χ1n) is 6.32. The number of amides is 2. The number of hydrogen-bond acceptors (Lipinski definition) is 2. The van der Waals surface area contributed by atoms with Gasteiger partial charge in [-0.3, -0.25) is 9.59 Å². The third kappa shape index (κ3) is 2.88. The Morgan fingerprint density at radius 1 is 1.33 bits per heavy atom. The van der Waals surface area contributed by atoms with E-state index in [2.05, 4.69) is 10.6 Å². The maximum Gasteiger partial charge on any atom is 0.227 e. The summed E-state index contributed by atoms with van der Waals surface area (Å²) in [5.74, 6) is 0.242. The van der Waals surface area contributed by atoms with E-state index < -0.39 is 0 Å². The van der Waals surface area contributed by atoms with Crippen molar-refractivity contribution in [1.82, 2.24) is 0 Å². The Kier molecular flexibility index (Phi) is 3.97. The Labute approximate surface area is 107 Å². The highest BCUT2D eigenvalue weighted by molar-refractivity contribution is 5.94. The summed E-state index contributed by atoms with van der Waals surface area (Å²) in [5.41, 5.74) is 2.47. The maximum atomic E-state index is 12.0. The Bertz CT molecular complexity index is 451. The van der Waals surface area contributed by atoms with Crippen LogP contribution in [0.1, 0.15) is 31.2 Å². The van der Waals surface area contributed by atoms with Gasteiger partial charge in [0.15, 0.2) is 0 Å². The molecule has 0 aliphatic heterocycles. The van der Waals surface area contributed by atoms with Crippen molar-refractivity contribution in [2.75, 3.05) is 10.6 Å². The van der Waals surface area contributed by atoms with Crippen molar-refractivity contribution in [2.45, 2.75) is 32.6 Å². The van der Waals surface area contributed by atoms with Crippen LogP contribution in [0.4, 0.5) is 11.4 Å². The third-order valence-electron chi connectivity index (χ3n) is 3.45. The average molecular weight is 246 g/mol. The first kappa shape index (κ1) is 12.6. The number of carbonyl (C=O) groups excluding carboxylic acids is 2. The van der Waals surface area contributed by atoms with Gasteiger partial charge in [-0.05, 0) is 37.5 Å². The summed E-state index contributed by atoms with van der Waals surface area (Å²) in [6, 6.07) is 5.49. The van der Waals surface area contributed by atoms with Gasteiger partial charge in [0.2, 0.25) is 12.3 Å². The molecule has 0 radical (unpaired) electrons. The highest BCUT2D eigenvalue weighted by Crippen LogP contribution is 2.27. The van der Waals surface area contributed by atoms with Crippen LogP contribution in [0.5, 0.6) is 0 Å². The molecule has 2 rings (SSSR count). The molecule has 1 fully saturated rings. The van der Waals surface area contributed by atoms with Gasteiger partial charge >= 0.3 is 0 Å². The molecule has 1 aliphatic carbocycles. The molecule has 0 unspecified atom stereocenters. The monoisotopic (exact) mass is 246 g/mol. The number of aryl methyl sites for hydroxylation is 1. The minimum atomic E-state index is 0.0962. The summed E-state index contributed by atoms with van der Waals surface area (Å²) < 4.78 is 0. The second-order valence-electron chi connectivity index (χ2n) is 4.76. The van der Waals surface area contributed by atoms with Crippen LogP contribution in [-0.2, 0) is 9.59 Å². The van der Waals surface area contributed by atoms with Crippen molar-refractivity contribution in [3.63, 3.8) is 0 Å². The molecule has 2 amide bonds. The first-order valence-corrected chi connectivity index (χ1v) is 6.32. The fourth-order valence-corrected chi connectivity index (χ4v) is 2.34. The van der Waals surface area contributed by atoms with Crippen LogP contribution in [0.15, 0.2) is 18.2 Å². The van der Waals surface area contributed by atoms with Crippen LogP contribution < -0.4 is 10.6 Å². The Morgan fingerprint density at radius 3 is 2.72 bits per heavy atom. The molecular weight excluding hydrogens is 228 g/mol. The number of nitrogens with one attached hydrogen (secondary N) is 2. The van der Waals surface area contributed by atoms with Crippen molar-refractivity contribution in [3.8, 4) is 0 Å². The molecule has 2 N–H and O–H groups in total. The van der Waals surface area contributed by atoms with E-state index in [0.29, 0.717) is 12.1 Å². The lowest BCUT2D eigenvalue weighted by molar-refractivity contribution is -0.119. The summed E-state index contributed by atoms with van der Waals surface area (Å²) in [6.07, 6.45) is 4.88. The fraction of sp³-hybridized carbons (Fsp3) is 0.429. The van der Waals surface area contributed by atoms with Crippen LogP contribution in [-0.4, -0.2) is 12.3 Å². The zero-order valence-corrected chi connectivity index (χ0v) is 10.5. The lowest BCUT2D eigenvalue weighted by Gasteiger charge is -2.13. The molecule has 0 spiro atoms. The molecule has 0 heterocycles. The van der Waals surface area contributed by atoms with Crippen LogP contribution in [0, 0.1) is 12.8 Å². The molecule has 0 bridgehead atoms. The summed E-state index contributed by atoms with van der Waals surface area (Å²) in [4.78, 5) is 22.4. The number of anilines is 2. The third-order valence-corrected chi connectivity index (χ3v) is 3.45. The molecule has 4 heteroatoms. The van der Waals surface area contributed by atoms with Gasteiger partial charge < -0.3 is 10.6 Å². The molecule has 0 saturated heterocycles. The van der Waals surface area contributed by atoms with Crippen molar-refractivity contribution in [2.24, 2.45) is 5.92 Å². The molecule has 0 atom stereocenters. The molecule has 1 aromatic carbocycles. The largest absolute Gasteiger partial charge is 0.329 e. The SMILES string of the molecule is Cc1ccc(NC=O)cc1NC(=O)C1CCCC1. The summed E-state index contributed by atoms with van der Waals surface area (Å²) in [7, 11) is 0. The molecule has 0 aromatic heterocycles. The molecule has 1 aliphatic rings. The predicted octanol–water partition coefficient (Wildman–Crippen LogP) is 2.69. The second-order valence-corrected chi connectivity index (χ2v) is 4.76. The molecule has 1 saturated carbocycles. The zero-order chi connectivity index (χ0) is 13.0. The minimum absolute atomic E-state index is 0.0962. The molecular formula is C14H18N2O2. The highest BCUT2D eigenvalue weighted by atomic mass is 16.2. The number of carbonyl (C=O) groups is 2. The van der Waals surface area contributed by atoms with E-state index in [1.54, 1.807) is 6.07 Å². The summed E-state index contributed by atoms with van der Waals surface area (Å²) in [6.45, 7) is 1.94. The Hall–Kier alpha value is -1.84. The van der Waals surface area contributed by atoms with E-state index in [0.717, 1.165) is 36.9 Å². The standard InChI is InChI=1S/C14H18N2O2/c1-10-6-7-12(15-9-17)8-13(10)16-14(18)11-4-2-3-5-11/h6-9,11H,2-5H2,1H3,(H,15,17)(H,16,18). The molecule has 18 heavy (non-hydrogen) atoms. The van der Waals surface area contributed by atoms with Crippen molar-refractivity contribution in [3.05, 3.63) is 23.8 Å². The van der Waals surface area contributed by atoms with E-state index in [1.165, 1.54) is 0 Å². The maximum absolute atomic E-state index is 12.0. The minimum Gasteiger partial charge on any atom is -0.329 e. The van der Waals surface area contributed by atoms with E-state index in [9.17, 15) is 9.59 Å². The number of benzene rings is 1. The summed E-state index contributed by atoms with van der Waals surface area (Å²) in [5, 5.41) is 5.54. The Morgan fingerprint density at radius 2 is 2.06 bits per heavy atom. The second kappa shape index (κ2) is 5.67. The van der Waals surface area contributed by atoms with Crippen LogP contribution in [0.2, 0.25) is 0 Å². The van der Waals surface area contributed by atoms with Gasteiger partial charge in [-0.15, -0.1) is 0 Å². The van der Waals surface area contributed by atoms with E-state index in [4.69, 9.17) is 0 Å². The first-order chi connectivity index (χ1) is 8.70. The van der Waals surface area contributed by atoms with E-state index >= 15 is 0 Å². The molecule has 4 nitrogen and oxygen atoms in total. The zero-order valence-electron chi connectivity index (χ0n) is 10.5. The van der Waals surface area contributed by atoms with E-state index in [1.807, 2.05) is 19.1 Å². The van der Waals surface area contributed by atoms with Crippen LogP contribution in [0.25, 0.3) is 0 Å². The normalized spacial score (nSPS) is 15.4. The quantitative estimate of drug-likeness (QED) is 0.802. The highest BCUT2D eigenvalue weighted by Gasteiger charge is 2.22. The van der Waals surface area contributed by atoms with Gasteiger partial charge in [0.25, 0.3) is 0 Å². The molecule has 96 valence electrons. The Balaban J connectivity index is 2.09. The lowest BCUT2D eigenvalue weighted by Crippen LogP contribution is -2.20. The van der Waals surface area contributed by atoms with Gasteiger partial charge in [0, 0.05) is 17.3 Å². The predicted molar refractivity (Wildman–Crippen MR) is 71.5 cm³/mol. The lowest BCUT2D eigenvalue weighted by atomic mass is 10.1. The van der Waals surface area contributed by atoms with Gasteiger partial charge in [-0.1, -0.05) is 18.9 Å². The number of rotatable bonds is 4. The van der Waals surface area contributed by atoms with Crippen molar-refractivity contribution >= 4 is 23.7 Å². The number of hydrogen-bond donors (Lipinski definition) is 2. The van der Waals surface area contributed by atoms with Gasteiger partial charge in [0.1, 0.15) is 0 Å². The van der Waals surface area contributed by atoms with Crippen molar-refractivity contribution in [1.29, 1.82) is 0 Å². The average Bonchev–Trinajstić information content (AvgIpc) is 2.87. The fourth-order valence-electron chi connectivity index (χ4n) is 2.34. The van der Waals surface area contributed by atoms with Crippen LogP contribution >= 0.6 is 0 Å². The van der Waals surface area contributed by atoms with Gasteiger partial charge in [-0.2, -0.15) is 0 Å². The van der Waals surface area contributed by atoms with E-state index in [-0.39, 0.29) is 11.8 Å². The summed E-state index contributed by atoms with van der Waals surface area (Å²) >= 11 is 0. The van der Waals surface area contributed by atoms with Gasteiger partial charge in [-0.25, -0.2) is 0 Å². The van der Waals surface area contributed by atoms with Crippen LogP contribution in [0.3, 0.4) is 0 Å². The smallest absolute Gasteiger partial charge is 0.227 e.